The first-order chi connectivity index (χ1) is 13.4. The molecule has 28 heavy (non-hydrogen) atoms. The Kier molecular flexibility index (Phi) is 4.68. The van der Waals surface area contributed by atoms with Crippen LogP contribution in [-0.2, 0) is 12.8 Å². The first kappa shape index (κ1) is 18.3. The number of rotatable bonds is 4. The van der Waals surface area contributed by atoms with E-state index in [9.17, 15) is 13.2 Å². The van der Waals surface area contributed by atoms with Gasteiger partial charge in [-0.25, -0.2) is 9.97 Å². The molecular weight excluding hydrogens is 391 g/mol. The molecule has 2 heterocycles. The molecule has 0 saturated carbocycles. The fraction of sp³-hybridized carbons (Fsp3) is 0.100. The summed E-state index contributed by atoms with van der Waals surface area (Å²) in [6.07, 6.45) is -2.24. The normalized spacial score (nSPS) is 11.7. The molecule has 0 unspecified atom stereocenters. The van der Waals surface area contributed by atoms with Crippen LogP contribution in [-0.4, -0.2) is 14.4 Å². The van der Waals surface area contributed by atoms with Crippen LogP contribution in [0.25, 0.3) is 16.8 Å². The van der Waals surface area contributed by atoms with Crippen LogP contribution >= 0.6 is 11.6 Å². The van der Waals surface area contributed by atoms with E-state index in [0.717, 1.165) is 9.96 Å². The van der Waals surface area contributed by atoms with E-state index >= 15 is 0 Å². The lowest BCUT2D eigenvalue weighted by atomic mass is 10.1. The predicted octanol–water partition coefficient (Wildman–Crippen LogP) is 5.65. The van der Waals surface area contributed by atoms with Crippen molar-refractivity contribution in [3.8, 4) is 17.0 Å². The molecule has 0 atom stereocenters. The molecular formula is C20H13ClF3N3O. The Bertz CT molecular complexity index is 1130. The van der Waals surface area contributed by atoms with Gasteiger partial charge in [-0.2, -0.15) is 13.2 Å². The van der Waals surface area contributed by atoms with Gasteiger partial charge in [0.2, 0.25) is 5.82 Å². The molecule has 4 aromatic rings. The second-order valence-corrected chi connectivity index (χ2v) is 6.38. The third kappa shape index (κ3) is 3.53. The number of hydrogen-bond acceptors (Lipinski definition) is 3. The van der Waals surface area contributed by atoms with Gasteiger partial charge in [-0.15, -0.1) is 0 Å². The van der Waals surface area contributed by atoms with Crippen molar-refractivity contribution in [1.29, 1.82) is 0 Å². The number of benzene rings is 2. The van der Waals surface area contributed by atoms with Crippen LogP contribution in [0.1, 0.15) is 11.4 Å². The number of ether oxygens (including phenoxy) is 1. The van der Waals surface area contributed by atoms with Gasteiger partial charge >= 0.3 is 6.18 Å². The van der Waals surface area contributed by atoms with Crippen molar-refractivity contribution in [3.63, 3.8) is 0 Å². The highest BCUT2D eigenvalue weighted by atomic mass is 35.5. The minimum absolute atomic E-state index is 0.0592. The topological polar surface area (TPSA) is 39.4 Å². The summed E-state index contributed by atoms with van der Waals surface area (Å²) in [5.74, 6) is -0.548. The maximum atomic E-state index is 13.4. The quantitative estimate of drug-likeness (QED) is 0.442. The molecule has 0 bridgehead atoms. The van der Waals surface area contributed by atoms with Crippen LogP contribution in [0.4, 0.5) is 13.2 Å². The summed E-state index contributed by atoms with van der Waals surface area (Å²) in [6, 6.07) is 16.3. The molecule has 4 nitrogen and oxygen atoms in total. The summed E-state index contributed by atoms with van der Waals surface area (Å²) < 4.78 is 46.9. The minimum Gasteiger partial charge on any atom is -0.489 e. The van der Waals surface area contributed by atoms with Crippen molar-refractivity contribution >= 4 is 17.1 Å². The Morgan fingerprint density at radius 3 is 2.57 bits per heavy atom. The van der Waals surface area contributed by atoms with Crippen molar-refractivity contribution < 1.29 is 17.9 Å². The molecule has 2 aromatic carbocycles. The molecule has 2 aromatic heterocycles. The Labute approximate surface area is 163 Å². The Morgan fingerprint density at radius 2 is 1.82 bits per heavy atom. The van der Waals surface area contributed by atoms with Crippen LogP contribution in [0, 0.1) is 0 Å². The van der Waals surface area contributed by atoms with Crippen molar-refractivity contribution in [2.75, 3.05) is 0 Å². The number of fused-ring (bicyclic) bond motifs is 1. The third-order valence-corrected chi connectivity index (χ3v) is 4.40. The number of imidazole rings is 1. The summed E-state index contributed by atoms with van der Waals surface area (Å²) in [5, 5.41) is -0.0592. The van der Waals surface area contributed by atoms with Gasteiger partial charge in [0, 0.05) is 18.0 Å². The van der Waals surface area contributed by atoms with Gasteiger partial charge < -0.3 is 4.74 Å². The van der Waals surface area contributed by atoms with E-state index in [1.54, 1.807) is 24.3 Å². The lowest BCUT2D eigenvalue weighted by Crippen LogP contribution is -2.10. The van der Waals surface area contributed by atoms with Crippen molar-refractivity contribution in [2.24, 2.45) is 0 Å². The molecule has 0 radical (unpaired) electrons. The molecule has 0 amide bonds. The van der Waals surface area contributed by atoms with Crippen molar-refractivity contribution in [1.82, 2.24) is 14.4 Å². The first-order valence-electron chi connectivity index (χ1n) is 8.30. The fourth-order valence-electron chi connectivity index (χ4n) is 2.88. The van der Waals surface area contributed by atoms with Crippen LogP contribution in [0.3, 0.4) is 0 Å². The number of halogens is 4. The molecule has 0 N–H and O–H groups in total. The van der Waals surface area contributed by atoms with Crippen molar-refractivity contribution in [2.45, 2.75) is 12.8 Å². The first-order valence-corrected chi connectivity index (χ1v) is 8.68. The molecule has 4 rings (SSSR count). The lowest BCUT2D eigenvalue weighted by molar-refractivity contribution is -0.145. The SMILES string of the molecule is FC(F)(F)c1nc(-c2cccc(OCc3ccccc3)c2)c2c(Cl)nccn12. The zero-order valence-corrected chi connectivity index (χ0v) is 15.1. The lowest BCUT2D eigenvalue weighted by Gasteiger charge is -2.08. The smallest absolute Gasteiger partial charge is 0.450 e. The van der Waals surface area contributed by atoms with E-state index in [1.165, 1.54) is 12.4 Å². The van der Waals surface area contributed by atoms with Gasteiger partial charge in [0.05, 0.1) is 0 Å². The van der Waals surface area contributed by atoms with E-state index in [4.69, 9.17) is 16.3 Å². The van der Waals surface area contributed by atoms with E-state index in [2.05, 4.69) is 9.97 Å². The monoisotopic (exact) mass is 403 g/mol. The minimum atomic E-state index is -4.63. The van der Waals surface area contributed by atoms with Crippen LogP contribution in [0.15, 0.2) is 67.0 Å². The number of alkyl halides is 3. The highest BCUT2D eigenvalue weighted by Gasteiger charge is 2.37. The van der Waals surface area contributed by atoms with Gasteiger partial charge in [0.15, 0.2) is 5.15 Å². The maximum Gasteiger partial charge on any atom is 0.450 e. The van der Waals surface area contributed by atoms with E-state index in [1.807, 2.05) is 30.3 Å². The molecule has 0 aliphatic carbocycles. The van der Waals surface area contributed by atoms with Crippen molar-refractivity contribution in [3.05, 3.63) is 83.5 Å². The largest absolute Gasteiger partial charge is 0.489 e. The number of aromatic nitrogens is 3. The fourth-order valence-corrected chi connectivity index (χ4v) is 3.11. The molecule has 0 aliphatic rings. The zero-order chi connectivity index (χ0) is 19.7. The summed E-state index contributed by atoms with van der Waals surface area (Å²) in [7, 11) is 0. The standard InChI is InChI=1S/C20H13ClF3N3O/c21-18-17-16(26-19(20(22,23)24)27(17)10-9-25-18)14-7-4-8-15(11-14)28-12-13-5-2-1-3-6-13/h1-11H,12H2. The zero-order valence-electron chi connectivity index (χ0n) is 14.3. The summed E-state index contributed by atoms with van der Waals surface area (Å²) >= 11 is 6.09. The predicted molar refractivity (Wildman–Crippen MR) is 99.2 cm³/mol. The molecule has 0 saturated heterocycles. The van der Waals surface area contributed by atoms with E-state index in [0.29, 0.717) is 17.9 Å². The summed E-state index contributed by atoms with van der Waals surface area (Å²) in [6.45, 7) is 0.338. The molecule has 142 valence electrons. The number of nitrogens with zero attached hydrogens (tertiary/aromatic N) is 3. The van der Waals surface area contributed by atoms with Crippen LogP contribution in [0.5, 0.6) is 5.75 Å². The second kappa shape index (κ2) is 7.16. The average molecular weight is 404 g/mol. The Hall–Kier alpha value is -3.06. The highest BCUT2D eigenvalue weighted by Crippen LogP contribution is 2.36. The van der Waals surface area contributed by atoms with Crippen LogP contribution in [0.2, 0.25) is 5.15 Å². The molecule has 8 heteroatoms. The van der Waals surface area contributed by atoms with Gasteiger partial charge in [-0.3, -0.25) is 4.40 Å². The Balaban J connectivity index is 1.74. The van der Waals surface area contributed by atoms with Gasteiger partial charge in [-0.05, 0) is 17.7 Å². The molecule has 0 aliphatic heterocycles. The summed E-state index contributed by atoms with van der Waals surface area (Å²) in [5.41, 5.74) is 1.62. The number of hydrogen-bond donors (Lipinski definition) is 0. The molecule has 0 fully saturated rings. The second-order valence-electron chi connectivity index (χ2n) is 6.02. The van der Waals surface area contributed by atoms with E-state index in [-0.39, 0.29) is 16.4 Å². The Morgan fingerprint density at radius 1 is 1.04 bits per heavy atom. The molecule has 0 spiro atoms. The summed E-state index contributed by atoms with van der Waals surface area (Å²) in [4.78, 5) is 7.70. The van der Waals surface area contributed by atoms with Gasteiger partial charge in [0.25, 0.3) is 0 Å². The average Bonchev–Trinajstić information content (AvgIpc) is 3.09. The van der Waals surface area contributed by atoms with Crippen LogP contribution < -0.4 is 4.74 Å². The van der Waals surface area contributed by atoms with Gasteiger partial charge in [-0.1, -0.05) is 54.1 Å². The van der Waals surface area contributed by atoms with Gasteiger partial charge in [0.1, 0.15) is 23.6 Å². The third-order valence-electron chi connectivity index (χ3n) is 4.12. The maximum absolute atomic E-state index is 13.4. The van der Waals surface area contributed by atoms with E-state index < -0.39 is 12.0 Å². The highest BCUT2D eigenvalue weighted by molar-refractivity contribution is 6.33.